The number of halogens is 2. The van der Waals surface area contributed by atoms with Crippen molar-refractivity contribution < 1.29 is 9.47 Å². The molecule has 1 unspecified atom stereocenters. The van der Waals surface area contributed by atoms with E-state index in [9.17, 15) is 0 Å². The van der Waals surface area contributed by atoms with Gasteiger partial charge in [0.1, 0.15) is 0 Å². The lowest BCUT2D eigenvalue weighted by atomic mass is 10.0. The predicted molar refractivity (Wildman–Crippen MR) is 86.0 cm³/mol. The number of hydrogen-bond acceptors (Lipinski definition) is 2. The van der Waals surface area contributed by atoms with Crippen LogP contribution in [0.1, 0.15) is 16.5 Å². The summed E-state index contributed by atoms with van der Waals surface area (Å²) in [7, 11) is 3.25. The summed E-state index contributed by atoms with van der Waals surface area (Å²) in [6.07, 6.45) is 0.734. The highest BCUT2D eigenvalue weighted by molar-refractivity contribution is 9.10. The van der Waals surface area contributed by atoms with Crippen LogP contribution in [0.5, 0.6) is 11.5 Å². The van der Waals surface area contributed by atoms with Crippen molar-refractivity contribution in [3.05, 3.63) is 58.1 Å². The summed E-state index contributed by atoms with van der Waals surface area (Å²) in [5.74, 6) is 1.40. The van der Waals surface area contributed by atoms with Crippen molar-refractivity contribution in [3.63, 3.8) is 0 Å². The minimum Gasteiger partial charge on any atom is -0.493 e. The van der Waals surface area contributed by atoms with Crippen LogP contribution in [0.4, 0.5) is 0 Å². The molecular weight excluding hydrogens is 340 g/mol. The van der Waals surface area contributed by atoms with Crippen LogP contribution in [0.3, 0.4) is 0 Å². The second-order valence-electron chi connectivity index (χ2n) is 4.38. The molecule has 0 aromatic heterocycles. The number of para-hydroxylation sites is 1. The zero-order chi connectivity index (χ0) is 14.5. The van der Waals surface area contributed by atoms with Crippen LogP contribution in [0, 0.1) is 0 Å². The normalized spacial score (nSPS) is 12.0. The summed E-state index contributed by atoms with van der Waals surface area (Å²) >= 11 is 9.97. The van der Waals surface area contributed by atoms with Gasteiger partial charge in [-0.25, -0.2) is 0 Å². The topological polar surface area (TPSA) is 18.5 Å². The zero-order valence-electron chi connectivity index (χ0n) is 11.4. The van der Waals surface area contributed by atoms with Crippen molar-refractivity contribution >= 4 is 27.5 Å². The van der Waals surface area contributed by atoms with Gasteiger partial charge in [-0.05, 0) is 30.2 Å². The Morgan fingerprint density at radius 1 is 1.05 bits per heavy atom. The van der Waals surface area contributed by atoms with Gasteiger partial charge in [-0.1, -0.05) is 40.2 Å². The lowest BCUT2D eigenvalue weighted by molar-refractivity contribution is 0.351. The first-order valence-corrected chi connectivity index (χ1v) is 7.48. The fraction of sp³-hybridized carbons (Fsp3) is 0.250. The molecule has 2 aromatic carbocycles. The number of alkyl halides is 1. The number of methoxy groups -OCH3 is 2. The third-order valence-corrected chi connectivity index (χ3v) is 4.02. The number of hydrogen-bond donors (Lipinski definition) is 0. The van der Waals surface area contributed by atoms with Gasteiger partial charge in [0.05, 0.1) is 19.6 Å². The van der Waals surface area contributed by atoms with Crippen molar-refractivity contribution in [2.75, 3.05) is 14.2 Å². The quantitative estimate of drug-likeness (QED) is 0.704. The molecule has 106 valence electrons. The molecule has 1 atom stereocenters. The summed E-state index contributed by atoms with van der Waals surface area (Å²) < 4.78 is 11.8. The van der Waals surface area contributed by atoms with Gasteiger partial charge in [-0.3, -0.25) is 0 Å². The van der Waals surface area contributed by atoms with Gasteiger partial charge in [0, 0.05) is 10.0 Å². The van der Waals surface area contributed by atoms with Gasteiger partial charge in [-0.2, -0.15) is 0 Å². The molecule has 4 heteroatoms. The minimum atomic E-state index is -0.166. The van der Waals surface area contributed by atoms with Crippen LogP contribution in [0.15, 0.2) is 46.9 Å². The summed E-state index contributed by atoms with van der Waals surface area (Å²) in [5, 5.41) is -0.166. The van der Waals surface area contributed by atoms with E-state index in [0.29, 0.717) is 11.5 Å². The van der Waals surface area contributed by atoms with Crippen molar-refractivity contribution in [1.29, 1.82) is 0 Å². The van der Waals surface area contributed by atoms with Gasteiger partial charge < -0.3 is 9.47 Å². The van der Waals surface area contributed by atoms with Gasteiger partial charge in [0.2, 0.25) is 0 Å². The van der Waals surface area contributed by atoms with E-state index in [1.54, 1.807) is 14.2 Å². The third kappa shape index (κ3) is 3.47. The molecule has 0 radical (unpaired) electrons. The Morgan fingerprint density at radius 2 is 1.75 bits per heavy atom. The molecule has 0 saturated carbocycles. The van der Waals surface area contributed by atoms with Crippen molar-refractivity contribution in [2.45, 2.75) is 11.8 Å². The standard InChI is InChI=1S/C16H16BrClO2/c1-19-15-5-3-4-13(16(15)20-2)14(18)10-11-6-8-12(17)9-7-11/h3-9,14H,10H2,1-2H3. The second-order valence-corrected chi connectivity index (χ2v) is 5.82. The Labute approximate surface area is 132 Å². The van der Waals surface area contributed by atoms with E-state index in [-0.39, 0.29) is 5.38 Å². The second kappa shape index (κ2) is 7.00. The molecule has 2 nitrogen and oxygen atoms in total. The Bertz CT molecular complexity index is 569. The smallest absolute Gasteiger partial charge is 0.165 e. The lowest BCUT2D eigenvalue weighted by Gasteiger charge is -2.16. The molecule has 0 aliphatic carbocycles. The summed E-state index contributed by atoms with van der Waals surface area (Å²) in [6.45, 7) is 0. The molecule has 0 saturated heterocycles. The predicted octanol–water partition coefficient (Wildman–Crippen LogP) is 4.99. The molecule has 0 heterocycles. The van der Waals surface area contributed by atoms with Gasteiger partial charge in [-0.15, -0.1) is 11.6 Å². The average molecular weight is 356 g/mol. The molecule has 2 rings (SSSR count). The van der Waals surface area contributed by atoms with Crippen LogP contribution in [-0.2, 0) is 6.42 Å². The first-order valence-electron chi connectivity index (χ1n) is 6.25. The highest BCUT2D eigenvalue weighted by Gasteiger charge is 2.17. The van der Waals surface area contributed by atoms with Crippen LogP contribution >= 0.6 is 27.5 Å². The van der Waals surface area contributed by atoms with E-state index in [1.165, 1.54) is 5.56 Å². The van der Waals surface area contributed by atoms with E-state index in [1.807, 2.05) is 30.3 Å². The maximum absolute atomic E-state index is 6.55. The summed E-state index contributed by atoms with van der Waals surface area (Å²) in [5.41, 5.74) is 2.12. The molecule has 0 amide bonds. The van der Waals surface area contributed by atoms with Crippen molar-refractivity contribution in [3.8, 4) is 11.5 Å². The zero-order valence-corrected chi connectivity index (χ0v) is 13.7. The van der Waals surface area contributed by atoms with Crippen LogP contribution in [0.2, 0.25) is 0 Å². The van der Waals surface area contributed by atoms with E-state index in [4.69, 9.17) is 21.1 Å². The Balaban J connectivity index is 2.24. The molecule has 0 spiro atoms. The molecule has 0 aliphatic heterocycles. The first kappa shape index (κ1) is 15.2. The number of benzene rings is 2. The Hall–Kier alpha value is -1.19. The van der Waals surface area contributed by atoms with E-state index >= 15 is 0 Å². The minimum absolute atomic E-state index is 0.166. The number of ether oxygens (including phenoxy) is 2. The molecule has 0 fully saturated rings. The molecule has 0 aliphatic rings. The highest BCUT2D eigenvalue weighted by atomic mass is 79.9. The molecule has 20 heavy (non-hydrogen) atoms. The van der Waals surface area contributed by atoms with Crippen molar-refractivity contribution in [2.24, 2.45) is 0 Å². The number of rotatable bonds is 5. The molecule has 0 N–H and O–H groups in total. The van der Waals surface area contributed by atoms with E-state index < -0.39 is 0 Å². The highest BCUT2D eigenvalue weighted by Crippen LogP contribution is 2.38. The maximum Gasteiger partial charge on any atom is 0.165 e. The van der Waals surface area contributed by atoms with Crippen LogP contribution < -0.4 is 9.47 Å². The summed E-state index contributed by atoms with van der Waals surface area (Å²) in [6, 6.07) is 13.9. The largest absolute Gasteiger partial charge is 0.493 e. The fourth-order valence-corrected chi connectivity index (χ4v) is 2.71. The van der Waals surface area contributed by atoms with E-state index in [0.717, 1.165) is 16.5 Å². The van der Waals surface area contributed by atoms with Crippen LogP contribution in [0.25, 0.3) is 0 Å². The van der Waals surface area contributed by atoms with Crippen LogP contribution in [-0.4, -0.2) is 14.2 Å². The Morgan fingerprint density at radius 3 is 2.35 bits per heavy atom. The average Bonchev–Trinajstić information content (AvgIpc) is 2.48. The molecular formula is C16H16BrClO2. The monoisotopic (exact) mass is 354 g/mol. The SMILES string of the molecule is COc1cccc(C(Cl)Cc2ccc(Br)cc2)c1OC. The van der Waals surface area contributed by atoms with Gasteiger partial charge in [0.15, 0.2) is 11.5 Å². The first-order chi connectivity index (χ1) is 9.65. The maximum atomic E-state index is 6.55. The van der Waals surface area contributed by atoms with Gasteiger partial charge >= 0.3 is 0 Å². The van der Waals surface area contributed by atoms with Gasteiger partial charge in [0.25, 0.3) is 0 Å². The molecule has 0 bridgehead atoms. The van der Waals surface area contributed by atoms with E-state index in [2.05, 4.69) is 28.1 Å². The lowest BCUT2D eigenvalue weighted by Crippen LogP contribution is -2.01. The third-order valence-electron chi connectivity index (χ3n) is 3.10. The fourth-order valence-electron chi connectivity index (χ4n) is 2.10. The molecule has 2 aromatic rings. The Kier molecular flexibility index (Phi) is 5.32. The van der Waals surface area contributed by atoms with Crippen molar-refractivity contribution in [1.82, 2.24) is 0 Å². The summed E-state index contributed by atoms with van der Waals surface area (Å²) in [4.78, 5) is 0.